The fourth-order valence-electron chi connectivity index (χ4n) is 3.62. The van der Waals surface area contributed by atoms with Crippen LogP contribution in [0.2, 0.25) is 0 Å². The molecule has 0 aliphatic carbocycles. The Morgan fingerprint density at radius 2 is 1.92 bits per heavy atom. The third kappa shape index (κ3) is 2.68. The predicted molar refractivity (Wildman–Crippen MR) is 100 cm³/mol. The summed E-state index contributed by atoms with van der Waals surface area (Å²) < 4.78 is 5.88. The first-order valence-electron chi connectivity index (χ1n) is 8.55. The van der Waals surface area contributed by atoms with E-state index in [0.29, 0.717) is 6.42 Å². The zero-order valence-electron chi connectivity index (χ0n) is 14.1. The molecule has 1 aliphatic rings. The maximum Gasteiger partial charge on any atom is 0.135 e. The summed E-state index contributed by atoms with van der Waals surface area (Å²) in [5.41, 5.74) is 2.08. The molecule has 25 heavy (non-hydrogen) atoms. The van der Waals surface area contributed by atoms with Crippen molar-refractivity contribution in [2.75, 3.05) is 6.61 Å². The minimum absolute atomic E-state index is 0.0717. The largest absolute Gasteiger partial charge is 0.456 e. The van der Waals surface area contributed by atoms with Crippen molar-refractivity contribution >= 4 is 28.2 Å². The molecule has 3 aromatic rings. The average molecular weight is 335 g/mol. The highest BCUT2D eigenvalue weighted by Crippen LogP contribution is 2.34. The van der Waals surface area contributed by atoms with Crippen LogP contribution in [-0.2, 0) is 6.42 Å². The van der Waals surface area contributed by atoms with Crippen molar-refractivity contribution in [2.24, 2.45) is 10.9 Å². The van der Waals surface area contributed by atoms with Gasteiger partial charge in [0.1, 0.15) is 16.7 Å². The van der Waals surface area contributed by atoms with Gasteiger partial charge >= 0.3 is 0 Å². The monoisotopic (exact) mass is 335 g/mol. The summed E-state index contributed by atoms with van der Waals surface area (Å²) in [5.74, 6) is -0.251. The van der Waals surface area contributed by atoms with Crippen LogP contribution < -0.4 is 0 Å². The number of furan rings is 1. The number of nitrogens with zero attached hydrogens (tertiary/aromatic N) is 1. The van der Waals surface area contributed by atoms with Gasteiger partial charge in [0.05, 0.1) is 6.10 Å². The van der Waals surface area contributed by atoms with Crippen molar-refractivity contribution in [3.05, 3.63) is 60.2 Å². The van der Waals surface area contributed by atoms with Crippen LogP contribution in [0.25, 0.3) is 21.9 Å². The summed E-state index contributed by atoms with van der Waals surface area (Å²) in [6.07, 6.45) is 5.34. The maximum absolute atomic E-state index is 10.7. The van der Waals surface area contributed by atoms with Crippen LogP contribution >= 0.6 is 0 Å². The van der Waals surface area contributed by atoms with E-state index in [1.165, 1.54) is 0 Å². The molecule has 0 spiro atoms. The first kappa shape index (κ1) is 16.1. The Hall–Kier alpha value is -2.43. The van der Waals surface area contributed by atoms with Crippen LogP contribution in [0.5, 0.6) is 0 Å². The van der Waals surface area contributed by atoms with E-state index in [2.05, 4.69) is 17.1 Å². The topological polar surface area (TPSA) is 66.0 Å². The van der Waals surface area contributed by atoms with Gasteiger partial charge in [0.25, 0.3) is 0 Å². The molecule has 4 rings (SSSR count). The number of hydrogen-bond donors (Lipinski definition) is 2. The highest BCUT2D eigenvalue weighted by molar-refractivity contribution is 6.05. The lowest BCUT2D eigenvalue weighted by Crippen LogP contribution is -2.44. The van der Waals surface area contributed by atoms with E-state index < -0.39 is 11.6 Å². The molecule has 0 amide bonds. The number of aliphatic hydroxyl groups excluding tert-OH is 2. The molecular weight excluding hydrogens is 314 g/mol. The first-order chi connectivity index (χ1) is 12.1. The minimum atomic E-state index is -0.746. The second kappa shape index (κ2) is 6.14. The highest BCUT2D eigenvalue weighted by atomic mass is 16.3. The van der Waals surface area contributed by atoms with Crippen LogP contribution in [0.4, 0.5) is 0 Å². The Balaban J connectivity index is 1.75. The van der Waals surface area contributed by atoms with Gasteiger partial charge in [-0.25, -0.2) is 0 Å². The van der Waals surface area contributed by atoms with Crippen LogP contribution in [0.15, 0.2) is 64.0 Å². The predicted octanol–water partition coefficient (Wildman–Crippen LogP) is 3.50. The minimum Gasteiger partial charge on any atom is -0.456 e. The summed E-state index contributed by atoms with van der Waals surface area (Å²) in [6, 6.07) is 14.1. The Morgan fingerprint density at radius 1 is 1.12 bits per heavy atom. The summed E-state index contributed by atoms with van der Waals surface area (Å²) in [4.78, 5) is 4.54. The molecule has 128 valence electrons. The molecule has 4 nitrogen and oxygen atoms in total. The van der Waals surface area contributed by atoms with Crippen molar-refractivity contribution in [2.45, 2.75) is 25.0 Å². The van der Waals surface area contributed by atoms with Gasteiger partial charge in [-0.1, -0.05) is 37.3 Å². The smallest absolute Gasteiger partial charge is 0.135 e. The van der Waals surface area contributed by atoms with Gasteiger partial charge < -0.3 is 14.6 Å². The number of hydrogen-bond acceptors (Lipinski definition) is 4. The number of aliphatic hydroxyl groups is 2. The van der Waals surface area contributed by atoms with Gasteiger partial charge in [0, 0.05) is 35.9 Å². The number of para-hydroxylation sites is 1. The number of allylic oxidation sites excluding steroid dienone is 1. The molecule has 1 aliphatic heterocycles. The lowest BCUT2D eigenvalue weighted by molar-refractivity contribution is 0.0343. The lowest BCUT2D eigenvalue weighted by atomic mass is 9.81. The normalized spacial score (nSPS) is 22.0. The second-order valence-corrected chi connectivity index (χ2v) is 6.84. The van der Waals surface area contributed by atoms with Gasteiger partial charge in [-0.05, 0) is 29.8 Å². The number of aliphatic imine (C=N–C) groups is 1. The van der Waals surface area contributed by atoms with Crippen LogP contribution in [-0.4, -0.2) is 34.7 Å². The fraction of sp³-hybridized carbons (Fsp3) is 0.286. The summed E-state index contributed by atoms with van der Waals surface area (Å²) in [6.45, 7) is 1.76. The zero-order chi connectivity index (χ0) is 17.4. The summed E-state index contributed by atoms with van der Waals surface area (Å²) >= 11 is 0. The van der Waals surface area contributed by atoms with Crippen molar-refractivity contribution in [1.29, 1.82) is 0 Å². The van der Waals surface area contributed by atoms with Crippen molar-refractivity contribution < 1.29 is 14.6 Å². The van der Waals surface area contributed by atoms with Crippen LogP contribution in [0, 0.1) is 5.92 Å². The van der Waals surface area contributed by atoms with Crippen molar-refractivity contribution in [3.63, 3.8) is 0 Å². The number of rotatable bonds is 5. The zero-order valence-corrected chi connectivity index (χ0v) is 14.1. The number of benzene rings is 2. The molecule has 2 heterocycles. The van der Waals surface area contributed by atoms with Gasteiger partial charge in [-0.15, -0.1) is 0 Å². The average Bonchev–Trinajstić information content (AvgIpc) is 3.25. The molecule has 3 unspecified atom stereocenters. The first-order valence-corrected chi connectivity index (χ1v) is 8.55. The van der Waals surface area contributed by atoms with E-state index >= 15 is 0 Å². The molecule has 0 saturated carbocycles. The molecular formula is C21H21NO3. The van der Waals surface area contributed by atoms with E-state index in [1.807, 2.05) is 49.4 Å². The molecule has 2 aromatic carbocycles. The SMILES string of the molecule is CC(CO)C(O)C1(Cc2ccc3oc4ccccc4c3c2)C=CC=N1. The Kier molecular flexibility index (Phi) is 3.94. The van der Waals surface area contributed by atoms with Crippen molar-refractivity contribution in [3.8, 4) is 0 Å². The van der Waals surface area contributed by atoms with E-state index in [9.17, 15) is 10.2 Å². The van der Waals surface area contributed by atoms with E-state index in [4.69, 9.17) is 4.42 Å². The Labute approximate surface area is 146 Å². The molecule has 2 N–H and O–H groups in total. The van der Waals surface area contributed by atoms with Gasteiger partial charge in [-0.3, -0.25) is 4.99 Å². The maximum atomic E-state index is 10.7. The van der Waals surface area contributed by atoms with Gasteiger partial charge in [0.15, 0.2) is 0 Å². The summed E-state index contributed by atoms with van der Waals surface area (Å²) in [7, 11) is 0. The third-order valence-corrected chi connectivity index (χ3v) is 5.05. The highest BCUT2D eigenvalue weighted by Gasteiger charge is 2.39. The molecule has 0 radical (unpaired) electrons. The molecule has 4 heteroatoms. The van der Waals surface area contributed by atoms with Gasteiger partial charge in [0.2, 0.25) is 0 Å². The molecule has 0 bridgehead atoms. The quantitative estimate of drug-likeness (QED) is 0.750. The number of fused-ring (bicyclic) bond motifs is 3. The lowest BCUT2D eigenvalue weighted by Gasteiger charge is -2.33. The van der Waals surface area contributed by atoms with E-state index in [-0.39, 0.29) is 12.5 Å². The Morgan fingerprint density at radius 3 is 2.68 bits per heavy atom. The van der Waals surface area contributed by atoms with Crippen LogP contribution in [0.3, 0.4) is 0 Å². The summed E-state index contributed by atoms with van der Waals surface area (Å²) in [5, 5.41) is 22.3. The molecule has 3 atom stereocenters. The van der Waals surface area contributed by atoms with Crippen molar-refractivity contribution in [1.82, 2.24) is 0 Å². The molecule has 1 aromatic heterocycles. The molecule has 0 fully saturated rings. The van der Waals surface area contributed by atoms with E-state index in [0.717, 1.165) is 27.5 Å². The van der Waals surface area contributed by atoms with Gasteiger partial charge in [-0.2, -0.15) is 0 Å². The Bertz CT molecular complexity index is 958. The fourth-order valence-corrected chi connectivity index (χ4v) is 3.62. The van der Waals surface area contributed by atoms with Crippen LogP contribution in [0.1, 0.15) is 12.5 Å². The molecule has 0 saturated heterocycles. The third-order valence-electron chi connectivity index (χ3n) is 5.05. The van der Waals surface area contributed by atoms with E-state index in [1.54, 1.807) is 6.21 Å². The standard InChI is InChI=1S/C21H21NO3/c1-14(13-23)20(24)21(9-4-10-22-21)12-15-7-8-19-17(11-15)16-5-2-3-6-18(16)25-19/h2-11,14,20,23-24H,12-13H2,1H3. The second-order valence-electron chi connectivity index (χ2n) is 6.84.